The Labute approximate surface area is 153 Å². The summed E-state index contributed by atoms with van der Waals surface area (Å²) in [5.74, 6) is -1.81. The van der Waals surface area contributed by atoms with Crippen LogP contribution < -0.4 is 5.32 Å². The molecule has 0 fully saturated rings. The second-order valence-corrected chi connectivity index (χ2v) is 6.40. The number of halogens is 1. The first-order valence-electron chi connectivity index (χ1n) is 7.79. The number of rotatable bonds is 5. The van der Waals surface area contributed by atoms with Crippen LogP contribution in [0.4, 0.5) is 10.1 Å². The van der Waals surface area contributed by atoms with Crippen LogP contribution in [0.5, 0.6) is 0 Å². The van der Waals surface area contributed by atoms with E-state index in [1.165, 1.54) is 29.5 Å². The number of thiazole rings is 1. The molecule has 0 saturated heterocycles. The Morgan fingerprint density at radius 2 is 1.81 bits per heavy atom. The summed E-state index contributed by atoms with van der Waals surface area (Å²) in [4.78, 5) is 28.8. The number of esters is 1. The third kappa shape index (κ3) is 4.12. The molecule has 1 N–H and O–H groups in total. The topological polar surface area (TPSA) is 68.3 Å². The lowest BCUT2D eigenvalue weighted by atomic mass is 10.2. The van der Waals surface area contributed by atoms with Gasteiger partial charge in [-0.15, -0.1) is 11.3 Å². The second-order valence-electron chi connectivity index (χ2n) is 5.40. The molecule has 0 aliphatic heterocycles. The van der Waals surface area contributed by atoms with Gasteiger partial charge in [0.2, 0.25) is 0 Å². The molecule has 0 radical (unpaired) electrons. The van der Waals surface area contributed by atoms with Gasteiger partial charge in [-0.1, -0.05) is 42.5 Å². The van der Waals surface area contributed by atoms with Crippen molar-refractivity contribution < 1.29 is 18.7 Å². The number of nitrogens with zero attached hydrogens (tertiary/aromatic N) is 1. The Hall–Kier alpha value is -3.06. The molecule has 2 aromatic carbocycles. The highest BCUT2D eigenvalue weighted by atomic mass is 32.1. The Morgan fingerprint density at radius 1 is 1.12 bits per heavy atom. The molecule has 0 spiro atoms. The number of benzene rings is 2. The van der Waals surface area contributed by atoms with Gasteiger partial charge in [-0.05, 0) is 19.1 Å². The summed E-state index contributed by atoms with van der Waals surface area (Å²) in [5, 5.41) is 3.06. The summed E-state index contributed by atoms with van der Waals surface area (Å²) in [6.45, 7) is 1.20. The van der Waals surface area contributed by atoms with Crippen molar-refractivity contribution in [2.45, 2.75) is 6.92 Å². The van der Waals surface area contributed by atoms with Gasteiger partial charge < -0.3 is 10.1 Å². The van der Waals surface area contributed by atoms with Crippen molar-refractivity contribution in [3.63, 3.8) is 0 Å². The largest absolute Gasteiger partial charge is 0.451 e. The number of anilines is 1. The SMILES string of the molecule is Cc1nc(-c2ccccc2)sc1C(=O)OCC(=O)Nc1ccccc1F. The Balaban J connectivity index is 1.63. The maximum atomic E-state index is 13.5. The number of nitrogens with one attached hydrogen (secondary N) is 1. The lowest BCUT2D eigenvalue weighted by Crippen LogP contribution is -2.21. The van der Waals surface area contributed by atoms with E-state index in [4.69, 9.17) is 4.74 Å². The fourth-order valence-corrected chi connectivity index (χ4v) is 3.20. The van der Waals surface area contributed by atoms with Gasteiger partial charge in [-0.25, -0.2) is 14.2 Å². The molecule has 1 aromatic heterocycles. The van der Waals surface area contributed by atoms with Crippen LogP contribution in [-0.4, -0.2) is 23.5 Å². The van der Waals surface area contributed by atoms with Crippen molar-refractivity contribution in [1.29, 1.82) is 0 Å². The van der Waals surface area contributed by atoms with Crippen LogP contribution in [-0.2, 0) is 9.53 Å². The van der Waals surface area contributed by atoms with Crippen molar-refractivity contribution >= 4 is 28.9 Å². The van der Waals surface area contributed by atoms with Gasteiger partial charge in [0, 0.05) is 5.56 Å². The van der Waals surface area contributed by atoms with Crippen LogP contribution in [0.3, 0.4) is 0 Å². The number of hydrogen-bond acceptors (Lipinski definition) is 5. The molecule has 0 unspecified atom stereocenters. The summed E-state index contributed by atoms with van der Waals surface area (Å²) in [5.41, 5.74) is 1.47. The number of amides is 1. The summed E-state index contributed by atoms with van der Waals surface area (Å²) >= 11 is 1.20. The Kier molecular flexibility index (Phi) is 5.38. The highest BCUT2D eigenvalue weighted by Gasteiger charge is 2.19. The number of hydrogen-bond donors (Lipinski definition) is 1. The molecule has 5 nitrogen and oxygen atoms in total. The second kappa shape index (κ2) is 7.88. The van der Waals surface area contributed by atoms with Gasteiger partial charge in [0.1, 0.15) is 15.7 Å². The predicted octanol–water partition coefficient (Wildman–Crippen LogP) is 4.05. The monoisotopic (exact) mass is 370 g/mol. The highest BCUT2D eigenvalue weighted by molar-refractivity contribution is 7.17. The van der Waals surface area contributed by atoms with E-state index in [0.29, 0.717) is 15.6 Å². The van der Waals surface area contributed by atoms with Gasteiger partial charge >= 0.3 is 5.97 Å². The van der Waals surface area contributed by atoms with Gasteiger partial charge in [0.05, 0.1) is 11.4 Å². The standard InChI is InChI=1S/C19H15FN2O3S/c1-12-17(26-18(21-12)13-7-3-2-4-8-13)19(24)25-11-16(23)22-15-10-6-5-9-14(15)20/h2-10H,11H2,1H3,(H,22,23). The molecule has 0 saturated carbocycles. The van der Waals surface area contributed by atoms with E-state index in [1.54, 1.807) is 13.0 Å². The normalized spacial score (nSPS) is 10.4. The molecular formula is C19H15FN2O3S. The third-order valence-electron chi connectivity index (χ3n) is 3.49. The maximum Gasteiger partial charge on any atom is 0.350 e. The first kappa shape index (κ1) is 17.8. The number of aryl methyl sites for hydroxylation is 1. The fourth-order valence-electron chi connectivity index (χ4n) is 2.24. The van der Waals surface area contributed by atoms with Gasteiger partial charge in [-0.2, -0.15) is 0 Å². The zero-order valence-corrected chi connectivity index (χ0v) is 14.7. The Morgan fingerprint density at radius 3 is 2.54 bits per heavy atom. The molecule has 132 valence electrons. The third-order valence-corrected chi connectivity index (χ3v) is 4.67. The zero-order chi connectivity index (χ0) is 18.5. The van der Waals surface area contributed by atoms with Crippen LogP contribution in [0.2, 0.25) is 0 Å². The molecule has 1 amide bonds. The molecule has 0 aliphatic rings. The zero-order valence-electron chi connectivity index (χ0n) is 13.9. The number of aromatic nitrogens is 1. The first-order chi connectivity index (χ1) is 12.5. The van der Waals surface area contributed by atoms with Crippen molar-refractivity contribution in [3.8, 4) is 10.6 Å². The molecule has 3 aromatic rings. The first-order valence-corrected chi connectivity index (χ1v) is 8.60. The highest BCUT2D eigenvalue weighted by Crippen LogP contribution is 2.28. The molecule has 1 heterocycles. The lowest BCUT2D eigenvalue weighted by molar-refractivity contribution is -0.119. The smallest absolute Gasteiger partial charge is 0.350 e. The maximum absolute atomic E-state index is 13.5. The van der Waals surface area contributed by atoms with Crippen LogP contribution in [0.15, 0.2) is 54.6 Å². The van der Waals surface area contributed by atoms with Crippen LogP contribution >= 0.6 is 11.3 Å². The summed E-state index contributed by atoms with van der Waals surface area (Å²) < 4.78 is 18.5. The molecular weight excluding hydrogens is 355 g/mol. The van der Waals surface area contributed by atoms with Crippen LogP contribution in [0.25, 0.3) is 10.6 Å². The van der Waals surface area contributed by atoms with Crippen molar-refractivity contribution in [3.05, 3.63) is 71.0 Å². The van der Waals surface area contributed by atoms with Crippen LogP contribution in [0, 0.1) is 12.7 Å². The van der Waals surface area contributed by atoms with E-state index in [9.17, 15) is 14.0 Å². The fraction of sp³-hybridized carbons (Fsp3) is 0.105. The minimum atomic E-state index is -0.633. The van der Waals surface area contributed by atoms with E-state index in [2.05, 4.69) is 10.3 Å². The molecule has 3 rings (SSSR count). The molecule has 26 heavy (non-hydrogen) atoms. The van der Waals surface area contributed by atoms with E-state index >= 15 is 0 Å². The van der Waals surface area contributed by atoms with E-state index in [1.807, 2.05) is 30.3 Å². The minimum Gasteiger partial charge on any atom is -0.451 e. The van der Waals surface area contributed by atoms with Gasteiger partial charge in [-0.3, -0.25) is 4.79 Å². The summed E-state index contributed by atoms with van der Waals surface area (Å²) in [6, 6.07) is 15.2. The van der Waals surface area contributed by atoms with Crippen LogP contribution in [0.1, 0.15) is 15.4 Å². The molecule has 0 aliphatic carbocycles. The predicted molar refractivity (Wildman–Crippen MR) is 97.6 cm³/mol. The number of ether oxygens (including phenoxy) is 1. The van der Waals surface area contributed by atoms with Gasteiger partial charge in [0.15, 0.2) is 6.61 Å². The summed E-state index contributed by atoms with van der Waals surface area (Å²) in [6.07, 6.45) is 0. The average Bonchev–Trinajstić information content (AvgIpc) is 3.04. The average molecular weight is 370 g/mol. The minimum absolute atomic E-state index is 0.0360. The van der Waals surface area contributed by atoms with Gasteiger partial charge in [0.25, 0.3) is 5.91 Å². The Bertz CT molecular complexity index is 941. The number of para-hydroxylation sites is 1. The van der Waals surface area contributed by atoms with E-state index < -0.39 is 24.3 Å². The summed E-state index contributed by atoms with van der Waals surface area (Å²) in [7, 11) is 0. The molecule has 0 atom stereocenters. The number of carbonyl (C=O) groups is 2. The quantitative estimate of drug-likeness (QED) is 0.688. The molecule has 7 heteroatoms. The lowest BCUT2D eigenvalue weighted by Gasteiger charge is -2.06. The van der Waals surface area contributed by atoms with E-state index in [0.717, 1.165) is 5.56 Å². The van der Waals surface area contributed by atoms with E-state index in [-0.39, 0.29) is 5.69 Å². The van der Waals surface area contributed by atoms with Crippen molar-refractivity contribution in [2.75, 3.05) is 11.9 Å². The van der Waals surface area contributed by atoms with Crippen molar-refractivity contribution in [2.24, 2.45) is 0 Å². The number of carbonyl (C=O) groups excluding carboxylic acids is 2. The van der Waals surface area contributed by atoms with Crippen molar-refractivity contribution in [1.82, 2.24) is 4.98 Å². The molecule has 0 bridgehead atoms.